The van der Waals surface area contributed by atoms with Gasteiger partial charge in [0.15, 0.2) is 6.29 Å². The summed E-state index contributed by atoms with van der Waals surface area (Å²) in [7, 11) is 0. The first-order valence-corrected chi connectivity index (χ1v) is 12.6. The van der Waals surface area contributed by atoms with Gasteiger partial charge in [-0.15, -0.1) is 0 Å². The van der Waals surface area contributed by atoms with Crippen LogP contribution in [0.15, 0.2) is 11.6 Å². The van der Waals surface area contributed by atoms with Crippen LogP contribution < -0.4 is 0 Å². The van der Waals surface area contributed by atoms with Gasteiger partial charge in [-0.3, -0.25) is 0 Å². The molecule has 0 aromatic rings. The summed E-state index contributed by atoms with van der Waals surface area (Å²) in [5, 5.41) is 28.6. The average Bonchev–Trinajstić information content (AvgIpc) is 3.02. The van der Waals surface area contributed by atoms with Gasteiger partial charge in [0.2, 0.25) is 0 Å². The summed E-state index contributed by atoms with van der Waals surface area (Å²) in [6.07, 6.45) is 13.1. The van der Waals surface area contributed by atoms with Gasteiger partial charge in [-0.1, -0.05) is 58.6 Å². The largest absolute Gasteiger partial charge is 0.368 e. The fraction of sp³-hybridized carbons (Fsp3) is 0.889. The van der Waals surface area contributed by atoms with Gasteiger partial charge in [0.05, 0.1) is 6.07 Å². The first kappa shape index (κ1) is 25.4. The second-order valence-electron chi connectivity index (χ2n) is 11.1. The molecule has 2 aliphatic carbocycles. The van der Waals surface area contributed by atoms with E-state index in [-0.39, 0.29) is 0 Å². The van der Waals surface area contributed by atoms with E-state index < -0.39 is 6.29 Å². The Morgan fingerprint density at radius 1 is 1.13 bits per heavy atom. The van der Waals surface area contributed by atoms with Gasteiger partial charge < -0.3 is 10.2 Å². The van der Waals surface area contributed by atoms with Crippen LogP contribution in [0.2, 0.25) is 0 Å². The second-order valence-corrected chi connectivity index (χ2v) is 11.1. The number of aliphatic hydroxyl groups is 2. The molecule has 0 aromatic carbocycles. The van der Waals surface area contributed by atoms with Gasteiger partial charge in [-0.2, -0.15) is 5.26 Å². The van der Waals surface area contributed by atoms with E-state index in [9.17, 15) is 10.2 Å². The number of aliphatic hydroxyl groups excluding tert-OH is 1. The van der Waals surface area contributed by atoms with Gasteiger partial charge in [-0.05, 0) is 86.4 Å². The van der Waals surface area contributed by atoms with Crippen molar-refractivity contribution in [1.82, 2.24) is 0 Å². The highest BCUT2D eigenvalue weighted by atomic mass is 16.5. The molecular formula is C27H47NO2. The van der Waals surface area contributed by atoms with Crippen molar-refractivity contribution in [2.45, 2.75) is 112 Å². The highest BCUT2D eigenvalue weighted by molar-refractivity contribution is 5.13. The summed E-state index contributed by atoms with van der Waals surface area (Å²) in [4.78, 5) is 0. The minimum atomic E-state index is -1.21. The number of fused-ring (bicyclic) bond motifs is 1. The second kappa shape index (κ2) is 11.7. The minimum absolute atomic E-state index is 0.342. The van der Waals surface area contributed by atoms with E-state index in [1.54, 1.807) is 0 Å². The molecule has 2 rings (SSSR count). The molecule has 0 spiro atoms. The smallest absolute Gasteiger partial charge is 0.151 e. The number of rotatable bonds is 11. The molecule has 2 aliphatic rings. The van der Waals surface area contributed by atoms with Gasteiger partial charge in [0.25, 0.3) is 0 Å². The van der Waals surface area contributed by atoms with Crippen LogP contribution in [0.1, 0.15) is 105 Å². The fourth-order valence-corrected chi connectivity index (χ4v) is 7.11. The van der Waals surface area contributed by atoms with E-state index >= 15 is 0 Å². The highest BCUT2D eigenvalue weighted by Gasteiger charge is 2.54. The third-order valence-corrected chi connectivity index (χ3v) is 8.67. The Bertz CT molecular complexity index is 590. The van der Waals surface area contributed by atoms with Crippen LogP contribution in [0.5, 0.6) is 0 Å². The number of nitriles is 1. The van der Waals surface area contributed by atoms with Gasteiger partial charge in [0.1, 0.15) is 0 Å². The summed E-state index contributed by atoms with van der Waals surface area (Å²) in [6, 6.07) is 2.23. The molecule has 3 heteroatoms. The first-order valence-electron chi connectivity index (χ1n) is 12.6. The lowest BCUT2D eigenvalue weighted by Crippen LogP contribution is -2.44. The standard InChI is InChI=1S/C27H47NO2/c1-19(2)10-9-12-21(4)24-13-14-25-23(18-26(29)30)22(15-16-27(24,25)5)20(3)11-7-6-8-17-28/h11,19,21-26,29-30H,6-10,12-16,18H2,1-5H3/b20-11+/t21?,22?,23-,24-,25?,27?/m1/s1. The van der Waals surface area contributed by atoms with Crippen LogP contribution in [0.3, 0.4) is 0 Å². The topological polar surface area (TPSA) is 64.2 Å². The van der Waals surface area contributed by atoms with Crippen LogP contribution in [0.25, 0.3) is 0 Å². The molecule has 0 amide bonds. The van der Waals surface area contributed by atoms with Gasteiger partial charge >= 0.3 is 0 Å². The normalized spacial score (nSPS) is 33.0. The predicted octanol–water partition coefficient (Wildman–Crippen LogP) is 6.85. The minimum Gasteiger partial charge on any atom is -0.368 e. The molecule has 0 bridgehead atoms. The zero-order valence-electron chi connectivity index (χ0n) is 20.2. The maximum Gasteiger partial charge on any atom is 0.151 e. The molecule has 3 nitrogen and oxygen atoms in total. The number of allylic oxidation sites excluding steroid dienone is 2. The number of hydrogen-bond donors (Lipinski definition) is 2. The Morgan fingerprint density at radius 3 is 2.50 bits per heavy atom. The van der Waals surface area contributed by atoms with Crippen molar-refractivity contribution in [2.75, 3.05) is 0 Å². The Labute approximate surface area is 186 Å². The molecule has 6 atom stereocenters. The third kappa shape index (κ3) is 6.33. The van der Waals surface area contributed by atoms with Gasteiger partial charge in [0, 0.05) is 12.8 Å². The SMILES string of the molecule is C/C(=C\CCCC#N)C1CCC2(C)C(CC[C@@H]2C(C)CCCC(C)C)[C@@H]1CC(O)O. The molecule has 0 radical (unpaired) electrons. The monoisotopic (exact) mass is 417 g/mol. The predicted molar refractivity (Wildman–Crippen MR) is 124 cm³/mol. The summed E-state index contributed by atoms with van der Waals surface area (Å²) in [5.74, 6) is 3.74. The van der Waals surface area contributed by atoms with Crippen molar-refractivity contribution in [1.29, 1.82) is 5.26 Å². The lowest BCUT2D eigenvalue weighted by atomic mass is 9.54. The summed E-state index contributed by atoms with van der Waals surface area (Å²) in [6.45, 7) is 11.9. The van der Waals surface area contributed by atoms with Crippen LogP contribution >= 0.6 is 0 Å². The number of nitrogens with zero attached hydrogens (tertiary/aromatic N) is 1. The molecule has 2 N–H and O–H groups in total. The molecule has 0 aliphatic heterocycles. The van der Waals surface area contributed by atoms with E-state index in [0.29, 0.717) is 36.0 Å². The molecule has 2 fully saturated rings. The van der Waals surface area contributed by atoms with Crippen molar-refractivity contribution in [3.05, 3.63) is 11.6 Å². The van der Waals surface area contributed by atoms with Crippen LogP contribution in [0, 0.1) is 52.3 Å². The zero-order chi connectivity index (χ0) is 22.3. The zero-order valence-corrected chi connectivity index (χ0v) is 20.2. The lowest BCUT2D eigenvalue weighted by Gasteiger charge is -2.50. The van der Waals surface area contributed by atoms with E-state index in [2.05, 4.69) is 46.8 Å². The van der Waals surface area contributed by atoms with Crippen LogP contribution in [0.4, 0.5) is 0 Å². The Balaban J connectivity index is 2.12. The fourth-order valence-electron chi connectivity index (χ4n) is 7.11. The average molecular weight is 418 g/mol. The molecule has 0 saturated heterocycles. The third-order valence-electron chi connectivity index (χ3n) is 8.67. The van der Waals surface area contributed by atoms with E-state index in [0.717, 1.165) is 30.6 Å². The van der Waals surface area contributed by atoms with Crippen LogP contribution in [-0.4, -0.2) is 16.5 Å². The first-order chi connectivity index (χ1) is 14.2. The van der Waals surface area contributed by atoms with Crippen molar-refractivity contribution in [2.24, 2.45) is 40.9 Å². The lowest BCUT2D eigenvalue weighted by molar-refractivity contribution is -0.0878. The van der Waals surface area contributed by atoms with Crippen molar-refractivity contribution in [3.8, 4) is 6.07 Å². The molecular weight excluding hydrogens is 370 g/mol. The van der Waals surface area contributed by atoms with E-state index in [4.69, 9.17) is 5.26 Å². The van der Waals surface area contributed by atoms with E-state index in [1.807, 2.05) is 0 Å². The Hall–Kier alpha value is -0.850. The number of hydrogen-bond acceptors (Lipinski definition) is 3. The molecule has 0 aromatic heterocycles. The molecule has 30 heavy (non-hydrogen) atoms. The van der Waals surface area contributed by atoms with Gasteiger partial charge in [-0.25, -0.2) is 0 Å². The maximum atomic E-state index is 9.90. The Morgan fingerprint density at radius 2 is 1.87 bits per heavy atom. The molecule has 0 heterocycles. The molecule has 2 saturated carbocycles. The van der Waals surface area contributed by atoms with Crippen molar-refractivity contribution in [3.63, 3.8) is 0 Å². The highest BCUT2D eigenvalue weighted by Crippen LogP contribution is 2.62. The summed E-state index contributed by atoms with van der Waals surface area (Å²) >= 11 is 0. The quantitative estimate of drug-likeness (QED) is 0.219. The summed E-state index contributed by atoms with van der Waals surface area (Å²) in [5.41, 5.74) is 1.75. The van der Waals surface area contributed by atoms with E-state index in [1.165, 1.54) is 50.5 Å². The Kier molecular flexibility index (Phi) is 9.89. The molecule has 172 valence electrons. The summed E-state index contributed by atoms with van der Waals surface area (Å²) < 4.78 is 0. The van der Waals surface area contributed by atoms with Crippen molar-refractivity contribution >= 4 is 0 Å². The van der Waals surface area contributed by atoms with Crippen LogP contribution in [-0.2, 0) is 0 Å². The number of unbranched alkanes of at least 4 members (excludes halogenated alkanes) is 2. The maximum absolute atomic E-state index is 9.90. The molecule has 4 unspecified atom stereocenters. The van der Waals surface area contributed by atoms with Crippen molar-refractivity contribution < 1.29 is 10.2 Å².